The SMILES string of the molecule is C=C1C(=O)C[C@H]1CO. The van der Waals surface area contributed by atoms with Crippen LogP contribution in [0.2, 0.25) is 0 Å². The molecular formula is C6H8O2. The third-order valence-corrected chi connectivity index (χ3v) is 1.50. The normalized spacial score (nSPS) is 27.9. The Morgan fingerprint density at radius 1 is 1.88 bits per heavy atom. The maximum atomic E-state index is 10.4. The molecule has 1 aliphatic carbocycles. The van der Waals surface area contributed by atoms with Gasteiger partial charge in [-0.1, -0.05) is 6.58 Å². The molecule has 0 amide bonds. The van der Waals surface area contributed by atoms with Gasteiger partial charge in [-0.25, -0.2) is 0 Å². The molecule has 0 aromatic carbocycles. The molecule has 0 unspecified atom stereocenters. The van der Waals surface area contributed by atoms with Gasteiger partial charge in [0.1, 0.15) is 0 Å². The number of ketones is 1. The third kappa shape index (κ3) is 0.574. The highest BCUT2D eigenvalue weighted by Gasteiger charge is 2.30. The van der Waals surface area contributed by atoms with Crippen molar-refractivity contribution in [3.63, 3.8) is 0 Å². The van der Waals surface area contributed by atoms with Crippen molar-refractivity contribution in [2.45, 2.75) is 6.42 Å². The van der Waals surface area contributed by atoms with E-state index in [9.17, 15) is 4.79 Å². The van der Waals surface area contributed by atoms with Crippen molar-refractivity contribution < 1.29 is 9.90 Å². The van der Waals surface area contributed by atoms with E-state index in [0.29, 0.717) is 12.0 Å². The van der Waals surface area contributed by atoms with Crippen LogP contribution in [0.4, 0.5) is 0 Å². The second kappa shape index (κ2) is 1.71. The van der Waals surface area contributed by atoms with E-state index in [1.807, 2.05) is 0 Å². The van der Waals surface area contributed by atoms with Crippen molar-refractivity contribution in [2.75, 3.05) is 6.61 Å². The average Bonchev–Trinajstić information content (AvgIpc) is 1.81. The molecule has 1 N–H and O–H groups in total. The van der Waals surface area contributed by atoms with Crippen LogP contribution in [0.1, 0.15) is 6.42 Å². The van der Waals surface area contributed by atoms with E-state index in [0.717, 1.165) is 0 Å². The van der Waals surface area contributed by atoms with E-state index in [-0.39, 0.29) is 18.3 Å². The van der Waals surface area contributed by atoms with Crippen molar-refractivity contribution in [2.24, 2.45) is 5.92 Å². The van der Waals surface area contributed by atoms with Crippen LogP contribution < -0.4 is 0 Å². The molecule has 1 atom stereocenters. The largest absolute Gasteiger partial charge is 0.396 e. The summed E-state index contributed by atoms with van der Waals surface area (Å²) in [7, 11) is 0. The Hall–Kier alpha value is -0.630. The second-order valence-corrected chi connectivity index (χ2v) is 2.03. The predicted molar refractivity (Wildman–Crippen MR) is 29.3 cm³/mol. The number of hydrogen-bond acceptors (Lipinski definition) is 2. The monoisotopic (exact) mass is 112 g/mol. The Morgan fingerprint density at radius 3 is 2.62 bits per heavy atom. The zero-order valence-corrected chi connectivity index (χ0v) is 4.55. The van der Waals surface area contributed by atoms with Gasteiger partial charge in [0.25, 0.3) is 0 Å². The average molecular weight is 112 g/mol. The fourth-order valence-electron chi connectivity index (χ4n) is 0.749. The van der Waals surface area contributed by atoms with Gasteiger partial charge in [-0.05, 0) is 5.57 Å². The summed E-state index contributed by atoms with van der Waals surface area (Å²) in [6.45, 7) is 3.56. The molecule has 0 aromatic heterocycles. The molecule has 2 heteroatoms. The number of rotatable bonds is 1. The molecule has 1 fully saturated rings. The number of aliphatic hydroxyl groups is 1. The van der Waals surface area contributed by atoms with Crippen LogP contribution >= 0.6 is 0 Å². The minimum atomic E-state index is 0.0718. The maximum Gasteiger partial charge on any atom is 0.159 e. The smallest absolute Gasteiger partial charge is 0.159 e. The predicted octanol–water partition coefficient (Wildman–Crippen LogP) is 0.124. The molecule has 1 saturated carbocycles. The van der Waals surface area contributed by atoms with Crippen LogP contribution in [0.5, 0.6) is 0 Å². The summed E-state index contributed by atoms with van der Waals surface area (Å²) in [5, 5.41) is 8.46. The van der Waals surface area contributed by atoms with Crippen molar-refractivity contribution in [3.05, 3.63) is 12.2 Å². The Kier molecular flexibility index (Phi) is 1.18. The van der Waals surface area contributed by atoms with E-state index < -0.39 is 0 Å². The minimum Gasteiger partial charge on any atom is -0.396 e. The number of hydrogen-bond donors (Lipinski definition) is 1. The van der Waals surface area contributed by atoms with Crippen molar-refractivity contribution >= 4 is 5.78 Å². The maximum absolute atomic E-state index is 10.4. The van der Waals surface area contributed by atoms with Gasteiger partial charge in [0.2, 0.25) is 0 Å². The molecule has 0 aromatic rings. The molecule has 0 saturated heterocycles. The molecule has 0 spiro atoms. The second-order valence-electron chi connectivity index (χ2n) is 2.03. The first-order valence-electron chi connectivity index (χ1n) is 2.58. The van der Waals surface area contributed by atoms with E-state index in [1.54, 1.807) is 0 Å². The van der Waals surface area contributed by atoms with Gasteiger partial charge in [-0.15, -0.1) is 0 Å². The highest BCUT2D eigenvalue weighted by atomic mass is 16.3. The Balaban J connectivity index is 2.48. The molecule has 0 aliphatic heterocycles. The summed E-state index contributed by atoms with van der Waals surface area (Å²) in [5.74, 6) is 0.173. The summed E-state index contributed by atoms with van der Waals surface area (Å²) >= 11 is 0. The number of carbonyl (C=O) groups excluding carboxylic acids is 1. The third-order valence-electron chi connectivity index (χ3n) is 1.50. The summed E-state index contributed by atoms with van der Waals surface area (Å²) in [5.41, 5.74) is 0.590. The lowest BCUT2D eigenvalue weighted by Crippen LogP contribution is -2.29. The van der Waals surface area contributed by atoms with Gasteiger partial charge >= 0.3 is 0 Å². The Bertz CT molecular complexity index is 137. The zero-order valence-electron chi connectivity index (χ0n) is 4.55. The summed E-state index contributed by atoms with van der Waals surface area (Å²) in [4.78, 5) is 10.4. The molecule has 0 heterocycles. The Labute approximate surface area is 47.8 Å². The zero-order chi connectivity index (χ0) is 6.15. The van der Waals surface area contributed by atoms with E-state index in [4.69, 9.17) is 5.11 Å². The first-order valence-corrected chi connectivity index (χ1v) is 2.58. The van der Waals surface area contributed by atoms with Crippen LogP contribution in [-0.4, -0.2) is 17.5 Å². The fourth-order valence-corrected chi connectivity index (χ4v) is 0.749. The lowest BCUT2D eigenvalue weighted by Gasteiger charge is -2.24. The van der Waals surface area contributed by atoms with Gasteiger partial charge < -0.3 is 5.11 Å². The quantitative estimate of drug-likeness (QED) is 0.489. The van der Waals surface area contributed by atoms with E-state index in [2.05, 4.69) is 6.58 Å². The van der Waals surface area contributed by atoms with Crippen molar-refractivity contribution in [3.8, 4) is 0 Å². The topological polar surface area (TPSA) is 37.3 Å². The lowest BCUT2D eigenvalue weighted by molar-refractivity contribution is -0.121. The van der Waals surface area contributed by atoms with Crippen LogP contribution in [0.3, 0.4) is 0 Å². The highest BCUT2D eigenvalue weighted by Crippen LogP contribution is 2.26. The molecule has 2 nitrogen and oxygen atoms in total. The van der Waals surface area contributed by atoms with Gasteiger partial charge in [-0.2, -0.15) is 0 Å². The van der Waals surface area contributed by atoms with Gasteiger partial charge in [-0.3, -0.25) is 4.79 Å². The van der Waals surface area contributed by atoms with E-state index in [1.165, 1.54) is 0 Å². The standard InChI is InChI=1S/C6H8O2/c1-4-5(3-7)2-6(4)8/h5,7H,1-3H2/t5-/m0/s1. The van der Waals surface area contributed by atoms with Gasteiger partial charge in [0, 0.05) is 12.3 Å². The van der Waals surface area contributed by atoms with Crippen LogP contribution in [0.15, 0.2) is 12.2 Å². The summed E-state index contributed by atoms with van der Waals surface area (Å²) in [6, 6.07) is 0. The van der Waals surface area contributed by atoms with E-state index >= 15 is 0 Å². The molecule has 8 heavy (non-hydrogen) atoms. The highest BCUT2D eigenvalue weighted by molar-refractivity contribution is 6.02. The van der Waals surface area contributed by atoms with Gasteiger partial charge in [0.05, 0.1) is 6.61 Å². The van der Waals surface area contributed by atoms with Crippen molar-refractivity contribution in [1.82, 2.24) is 0 Å². The fraction of sp³-hybridized carbons (Fsp3) is 0.500. The molecule has 44 valence electrons. The summed E-state index contributed by atoms with van der Waals surface area (Å²) in [6.07, 6.45) is 0.495. The molecule has 1 rings (SSSR count). The summed E-state index contributed by atoms with van der Waals surface area (Å²) < 4.78 is 0. The molecule has 0 bridgehead atoms. The van der Waals surface area contributed by atoms with Crippen molar-refractivity contribution in [1.29, 1.82) is 0 Å². The molecule has 0 radical (unpaired) electrons. The van der Waals surface area contributed by atoms with Gasteiger partial charge in [0.15, 0.2) is 5.78 Å². The van der Waals surface area contributed by atoms with Crippen LogP contribution in [-0.2, 0) is 4.79 Å². The molecular weight excluding hydrogens is 104 g/mol. The number of Topliss-reactive ketones (excluding diaryl/α,β-unsaturated/α-hetero) is 1. The minimum absolute atomic E-state index is 0.0718. The molecule has 1 aliphatic rings. The first kappa shape index (κ1) is 5.51. The number of aliphatic hydroxyl groups excluding tert-OH is 1. The lowest BCUT2D eigenvalue weighted by atomic mass is 9.80. The van der Waals surface area contributed by atoms with Crippen LogP contribution in [0.25, 0.3) is 0 Å². The first-order chi connectivity index (χ1) is 3.75. The van der Waals surface area contributed by atoms with Crippen LogP contribution in [0, 0.1) is 5.92 Å². The number of carbonyl (C=O) groups is 1. The Morgan fingerprint density at radius 2 is 2.50 bits per heavy atom.